The molecule has 4 rings (SSSR count). The summed E-state index contributed by atoms with van der Waals surface area (Å²) in [6, 6.07) is 11.8. The van der Waals surface area contributed by atoms with Gasteiger partial charge in [0, 0.05) is 18.7 Å². The van der Waals surface area contributed by atoms with Crippen LogP contribution in [0.4, 0.5) is 4.39 Å². The predicted octanol–water partition coefficient (Wildman–Crippen LogP) is 2.31. The molecule has 184 valence electrons. The van der Waals surface area contributed by atoms with Crippen LogP contribution in [0.25, 0.3) is 17.0 Å². The third-order valence-corrected chi connectivity index (χ3v) is 6.43. The smallest absolute Gasteiger partial charge is 0.244 e. The molecule has 1 N–H and O–H groups in total. The van der Waals surface area contributed by atoms with Crippen molar-refractivity contribution in [2.45, 2.75) is 4.90 Å². The molecule has 2 aromatic carbocycles. The topological polar surface area (TPSA) is 126 Å². The first kappa shape index (κ1) is 24.2. The summed E-state index contributed by atoms with van der Waals surface area (Å²) in [4.78, 5) is -0.304. The molecule has 35 heavy (non-hydrogen) atoms. The van der Waals surface area contributed by atoms with Gasteiger partial charge in [-0.2, -0.15) is 4.52 Å². The highest BCUT2D eigenvalue weighted by molar-refractivity contribution is 7.89. The highest BCUT2D eigenvalue weighted by atomic mass is 32.2. The lowest BCUT2D eigenvalue weighted by Crippen LogP contribution is -2.28. The molecule has 0 unspecified atom stereocenters. The Morgan fingerprint density at radius 2 is 1.74 bits per heavy atom. The SMILES string of the molecule is COc1ccc(-c2nnc3ccc(OCCNS(=O)(=O)c4cc(F)ccc4OC)nn23)c(OC)c1. The Morgan fingerprint density at radius 3 is 2.49 bits per heavy atom. The lowest BCUT2D eigenvalue weighted by molar-refractivity contribution is 0.305. The number of hydrogen-bond donors (Lipinski definition) is 1. The van der Waals surface area contributed by atoms with E-state index in [9.17, 15) is 12.8 Å². The first-order chi connectivity index (χ1) is 16.9. The predicted molar refractivity (Wildman–Crippen MR) is 123 cm³/mol. The second-order valence-electron chi connectivity index (χ2n) is 7.07. The van der Waals surface area contributed by atoms with Crippen LogP contribution >= 0.6 is 0 Å². The zero-order chi connectivity index (χ0) is 25.0. The molecule has 11 nitrogen and oxygen atoms in total. The van der Waals surface area contributed by atoms with Crippen LogP contribution in [-0.2, 0) is 10.0 Å². The Hall–Kier alpha value is -3.97. The summed E-state index contributed by atoms with van der Waals surface area (Å²) in [6.07, 6.45) is 0. The van der Waals surface area contributed by atoms with Gasteiger partial charge >= 0.3 is 0 Å². The monoisotopic (exact) mass is 503 g/mol. The van der Waals surface area contributed by atoms with Crippen molar-refractivity contribution in [1.82, 2.24) is 24.5 Å². The Kier molecular flexibility index (Phi) is 6.98. The Bertz CT molecular complexity index is 1460. The van der Waals surface area contributed by atoms with Crippen molar-refractivity contribution in [2.24, 2.45) is 0 Å². The number of nitrogens with one attached hydrogen (secondary N) is 1. The molecule has 0 amide bonds. The van der Waals surface area contributed by atoms with Crippen molar-refractivity contribution in [3.8, 4) is 34.5 Å². The average Bonchev–Trinajstić information content (AvgIpc) is 3.29. The van der Waals surface area contributed by atoms with E-state index in [-0.39, 0.29) is 29.7 Å². The normalized spacial score (nSPS) is 11.4. The zero-order valence-corrected chi connectivity index (χ0v) is 19.9. The van der Waals surface area contributed by atoms with Crippen molar-refractivity contribution in [2.75, 3.05) is 34.5 Å². The summed E-state index contributed by atoms with van der Waals surface area (Å²) in [5.41, 5.74) is 1.12. The summed E-state index contributed by atoms with van der Waals surface area (Å²) in [7, 11) is 0.365. The maximum atomic E-state index is 13.6. The standard InChI is InChI=1S/C22H22FN5O6S/c1-31-15-5-6-16(18(13-15)33-3)22-26-25-20-8-9-21(27-28(20)22)34-11-10-24-35(29,30)19-12-14(23)4-7-17(19)32-2/h4-9,12-13,24H,10-11H2,1-3H3. The summed E-state index contributed by atoms with van der Waals surface area (Å²) in [6.45, 7) is -0.137. The van der Waals surface area contributed by atoms with E-state index >= 15 is 0 Å². The molecular formula is C22H22FN5O6S. The number of ether oxygens (including phenoxy) is 4. The van der Waals surface area contributed by atoms with Gasteiger partial charge in [0.1, 0.15) is 34.6 Å². The molecule has 0 aliphatic carbocycles. The third kappa shape index (κ3) is 5.10. The average molecular weight is 504 g/mol. The Morgan fingerprint density at radius 1 is 0.943 bits per heavy atom. The fourth-order valence-corrected chi connectivity index (χ4v) is 4.46. The molecule has 0 radical (unpaired) electrons. The van der Waals surface area contributed by atoms with Crippen LogP contribution in [0.1, 0.15) is 0 Å². The van der Waals surface area contributed by atoms with Gasteiger partial charge in [0.25, 0.3) is 0 Å². The molecule has 0 aliphatic heterocycles. The van der Waals surface area contributed by atoms with E-state index < -0.39 is 15.8 Å². The summed E-state index contributed by atoms with van der Waals surface area (Å²) < 4.78 is 63.8. The van der Waals surface area contributed by atoms with Gasteiger partial charge in [0.15, 0.2) is 11.5 Å². The number of benzene rings is 2. The van der Waals surface area contributed by atoms with Gasteiger partial charge in [-0.15, -0.1) is 15.3 Å². The third-order valence-electron chi connectivity index (χ3n) is 4.95. The molecule has 0 spiro atoms. The number of nitrogens with zero attached hydrogens (tertiary/aromatic N) is 4. The second kappa shape index (κ2) is 10.1. The zero-order valence-electron chi connectivity index (χ0n) is 19.1. The van der Waals surface area contributed by atoms with E-state index in [1.54, 1.807) is 37.4 Å². The van der Waals surface area contributed by atoms with Crippen LogP contribution in [0.2, 0.25) is 0 Å². The Labute approximate surface area is 200 Å². The van der Waals surface area contributed by atoms with Gasteiger partial charge in [-0.25, -0.2) is 17.5 Å². The van der Waals surface area contributed by atoms with Gasteiger partial charge in [0.2, 0.25) is 15.9 Å². The van der Waals surface area contributed by atoms with Gasteiger partial charge in [-0.1, -0.05) is 0 Å². The number of methoxy groups -OCH3 is 3. The minimum atomic E-state index is -4.03. The quantitative estimate of drug-likeness (QED) is 0.324. The summed E-state index contributed by atoms with van der Waals surface area (Å²) in [5.74, 6) is 1.11. The van der Waals surface area contributed by atoms with Crippen molar-refractivity contribution in [3.63, 3.8) is 0 Å². The van der Waals surface area contributed by atoms with Crippen LogP contribution in [0.3, 0.4) is 0 Å². The van der Waals surface area contributed by atoms with E-state index in [0.29, 0.717) is 28.5 Å². The summed E-state index contributed by atoms with van der Waals surface area (Å²) in [5, 5.41) is 12.7. The van der Waals surface area contributed by atoms with Gasteiger partial charge < -0.3 is 18.9 Å². The number of rotatable bonds is 10. The maximum Gasteiger partial charge on any atom is 0.244 e. The minimum absolute atomic E-state index is 0.0287. The first-order valence-electron chi connectivity index (χ1n) is 10.3. The number of hydrogen-bond acceptors (Lipinski definition) is 9. The molecule has 2 aromatic heterocycles. The molecule has 0 saturated heterocycles. The Balaban J connectivity index is 1.48. The van der Waals surface area contributed by atoms with E-state index in [1.807, 2.05) is 0 Å². The van der Waals surface area contributed by atoms with Crippen LogP contribution in [0.15, 0.2) is 53.4 Å². The number of halogens is 1. The van der Waals surface area contributed by atoms with Crippen molar-refractivity contribution in [1.29, 1.82) is 0 Å². The molecule has 13 heteroatoms. The molecular weight excluding hydrogens is 481 g/mol. The van der Waals surface area contributed by atoms with Gasteiger partial charge in [-0.3, -0.25) is 0 Å². The van der Waals surface area contributed by atoms with Crippen molar-refractivity contribution in [3.05, 3.63) is 54.3 Å². The molecule has 2 heterocycles. The number of aromatic nitrogens is 4. The fraction of sp³-hybridized carbons (Fsp3) is 0.227. The molecule has 4 aromatic rings. The molecule has 0 fully saturated rings. The molecule has 0 bridgehead atoms. The van der Waals surface area contributed by atoms with Crippen LogP contribution in [-0.4, -0.2) is 62.7 Å². The number of fused-ring (bicyclic) bond motifs is 1. The van der Waals surface area contributed by atoms with Crippen molar-refractivity contribution < 1.29 is 31.8 Å². The van der Waals surface area contributed by atoms with Gasteiger partial charge in [0.05, 0.1) is 26.9 Å². The van der Waals surface area contributed by atoms with E-state index in [4.69, 9.17) is 18.9 Å². The maximum absolute atomic E-state index is 13.6. The highest BCUT2D eigenvalue weighted by Crippen LogP contribution is 2.32. The molecule has 0 aliphatic rings. The van der Waals surface area contributed by atoms with E-state index in [0.717, 1.165) is 12.1 Å². The number of sulfonamides is 1. The first-order valence-corrected chi connectivity index (χ1v) is 11.8. The van der Waals surface area contributed by atoms with E-state index in [1.165, 1.54) is 24.8 Å². The highest BCUT2D eigenvalue weighted by Gasteiger charge is 2.20. The minimum Gasteiger partial charge on any atom is -0.497 e. The summed E-state index contributed by atoms with van der Waals surface area (Å²) >= 11 is 0. The second-order valence-corrected chi connectivity index (χ2v) is 8.81. The van der Waals surface area contributed by atoms with E-state index in [2.05, 4.69) is 20.0 Å². The van der Waals surface area contributed by atoms with Crippen LogP contribution < -0.4 is 23.7 Å². The van der Waals surface area contributed by atoms with Crippen LogP contribution in [0.5, 0.6) is 23.1 Å². The van der Waals surface area contributed by atoms with Crippen LogP contribution in [0, 0.1) is 5.82 Å². The lowest BCUT2D eigenvalue weighted by atomic mass is 10.2. The fourth-order valence-electron chi connectivity index (χ4n) is 3.27. The lowest BCUT2D eigenvalue weighted by Gasteiger charge is -2.11. The van der Waals surface area contributed by atoms with Gasteiger partial charge in [-0.05, 0) is 36.4 Å². The van der Waals surface area contributed by atoms with Crippen molar-refractivity contribution >= 4 is 15.7 Å². The molecule has 0 saturated carbocycles. The largest absolute Gasteiger partial charge is 0.497 e. The molecule has 0 atom stereocenters.